The Morgan fingerprint density at radius 1 is 1.07 bits per heavy atom. The number of ether oxygens (including phenoxy) is 2. The van der Waals surface area contributed by atoms with Gasteiger partial charge in [0.2, 0.25) is 11.8 Å². The summed E-state index contributed by atoms with van der Waals surface area (Å²) in [7, 11) is 3.23. The fourth-order valence-electron chi connectivity index (χ4n) is 4.00. The second kappa shape index (κ2) is 9.11. The minimum absolute atomic E-state index is 0.0867. The molecule has 1 aromatic rings. The Morgan fingerprint density at radius 3 is 2.44 bits per heavy atom. The first-order chi connectivity index (χ1) is 13.1. The molecule has 1 aromatic carbocycles. The van der Waals surface area contributed by atoms with E-state index in [1.807, 2.05) is 28.0 Å². The normalized spacial score (nSPS) is 20.5. The average Bonchev–Trinajstić information content (AvgIpc) is 2.88. The third-order valence-corrected chi connectivity index (χ3v) is 5.60. The van der Waals surface area contributed by atoms with E-state index in [2.05, 4.69) is 0 Å². The van der Waals surface area contributed by atoms with Gasteiger partial charge in [-0.15, -0.1) is 0 Å². The van der Waals surface area contributed by atoms with Crippen LogP contribution in [0.15, 0.2) is 18.2 Å². The van der Waals surface area contributed by atoms with Gasteiger partial charge >= 0.3 is 0 Å². The molecule has 0 aromatic heterocycles. The summed E-state index contributed by atoms with van der Waals surface area (Å²) < 4.78 is 10.6. The minimum Gasteiger partial charge on any atom is -0.493 e. The fourth-order valence-corrected chi connectivity index (χ4v) is 4.00. The predicted octanol–water partition coefficient (Wildman–Crippen LogP) is 2.50. The number of nitrogens with zero attached hydrogens (tertiary/aromatic N) is 2. The van der Waals surface area contributed by atoms with E-state index in [0.29, 0.717) is 31.0 Å². The quantitative estimate of drug-likeness (QED) is 0.768. The number of methoxy groups -OCH3 is 2. The van der Waals surface area contributed by atoms with Gasteiger partial charge in [-0.2, -0.15) is 0 Å². The molecule has 3 rings (SSSR count). The van der Waals surface area contributed by atoms with E-state index in [1.54, 1.807) is 14.2 Å². The lowest BCUT2D eigenvalue weighted by molar-refractivity contribution is -0.135. The Bertz CT molecular complexity index is 668. The first-order valence-corrected chi connectivity index (χ1v) is 9.90. The molecular weight excluding hydrogens is 344 g/mol. The average molecular weight is 374 g/mol. The van der Waals surface area contributed by atoms with Crippen molar-refractivity contribution in [1.29, 1.82) is 0 Å². The van der Waals surface area contributed by atoms with E-state index in [0.717, 1.165) is 37.9 Å². The van der Waals surface area contributed by atoms with Crippen molar-refractivity contribution in [3.8, 4) is 11.5 Å². The first kappa shape index (κ1) is 19.5. The zero-order valence-electron chi connectivity index (χ0n) is 16.4. The lowest BCUT2D eigenvalue weighted by Crippen LogP contribution is -2.38. The van der Waals surface area contributed by atoms with Gasteiger partial charge in [-0.25, -0.2) is 0 Å². The molecule has 0 spiro atoms. The van der Waals surface area contributed by atoms with Gasteiger partial charge in [0.15, 0.2) is 11.5 Å². The van der Waals surface area contributed by atoms with Crippen LogP contribution in [-0.2, 0) is 16.0 Å². The molecule has 148 valence electrons. The fraction of sp³-hybridized carbons (Fsp3) is 0.619. The maximum atomic E-state index is 12.8. The highest BCUT2D eigenvalue weighted by atomic mass is 16.5. The van der Waals surface area contributed by atoms with Crippen LogP contribution in [0.3, 0.4) is 0 Å². The second-order valence-electron chi connectivity index (χ2n) is 7.42. The van der Waals surface area contributed by atoms with E-state index in [-0.39, 0.29) is 17.7 Å². The predicted molar refractivity (Wildman–Crippen MR) is 103 cm³/mol. The molecule has 0 radical (unpaired) electrons. The van der Waals surface area contributed by atoms with Crippen molar-refractivity contribution in [3.63, 3.8) is 0 Å². The van der Waals surface area contributed by atoms with Gasteiger partial charge in [-0.3, -0.25) is 9.59 Å². The van der Waals surface area contributed by atoms with Gasteiger partial charge in [0.25, 0.3) is 0 Å². The molecule has 0 aliphatic carbocycles. The Balaban J connectivity index is 1.55. The van der Waals surface area contributed by atoms with E-state index in [4.69, 9.17) is 9.47 Å². The summed E-state index contributed by atoms with van der Waals surface area (Å²) >= 11 is 0. The molecule has 1 atom stereocenters. The summed E-state index contributed by atoms with van der Waals surface area (Å²) in [5, 5.41) is 0. The molecule has 0 saturated carbocycles. The van der Waals surface area contributed by atoms with Crippen molar-refractivity contribution in [2.24, 2.45) is 5.92 Å². The smallest absolute Gasteiger partial charge is 0.227 e. The summed E-state index contributed by atoms with van der Waals surface area (Å²) in [5.74, 6) is 1.46. The maximum Gasteiger partial charge on any atom is 0.227 e. The van der Waals surface area contributed by atoms with Gasteiger partial charge in [-0.1, -0.05) is 18.9 Å². The summed E-state index contributed by atoms with van der Waals surface area (Å²) in [6.07, 6.45) is 5.64. The van der Waals surface area contributed by atoms with Crippen LogP contribution in [0, 0.1) is 5.92 Å². The largest absolute Gasteiger partial charge is 0.493 e. The molecule has 6 nitrogen and oxygen atoms in total. The molecule has 0 bridgehead atoms. The second-order valence-corrected chi connectivity index (χ2v) is 7.42. The molecule has 27 heavy (non-hydrogen) atoms. The zero-order chi connectivity index (χ0) is 19.2. The summed E-state index contributed by atoms with van der Waals surface area (Å²) in [5.41, 5.74) is 1.09. The molecule has 6 heteroatoms. The standard InChI is InChI=1S/C21H30N2O4/c1-26-18-8-7-16(13-19(18)27-2)9-12-23-15-17(14-20(23)24)21(25)22-10-5-3-4-6-11-22/h7-8,13,17H,3-6,9-12,14-15H2,1-2H3/t17-/m1/s1. The number of carbonyl (C=O) groups excluding carboxylic acids is 2. The summed E-state index contributed by atoms with van der Waals surface area (Å²) in [6.45, 7) is 2.85. The molecule has 2 saturated heterocycles. The highest BCUT2D eigenvalue weighted by molar-refractivity contribution is 5.89. The highest BCUT2D eigenvalue weighted by Crippen LogP contribution is 2.28. The number of amides is 2. The SMILES string of the molecule is COc1ccc(CCN2C[C@H](C(=O)N3CCCCCC3)CC2=O)cc1OC. The van der Waals surface area contributed by atoms with Crippen LogP contribution >= 0.6 is 0 Å². The van der Waals surface area contributed by atoms with Crippen LogP contribution in [-0.4, -0.2) is 62.0 Å². The lowest BCUT2D eigenvalue weighted by atomic mass is 10.1. The summed E-state index contributed by atoms with van der Waals surface area (Å²) in [4.78, 5) is 29.0. The Kier molecular flexibility index (Phi) is 6.58. The van der Waals surface area contributed by atoms with Crippen LogP contribution in [0.5, 0.6) is 11.5 Å². The van der Waals surface area contributed by atoms with Crippen molar-refractivity contribution >= 4 is 11.8 Å². The van der Waals surface area contributed by atoms with Gasteiger partial charge in [0.05, 0.1) is 20.1 Å². The van der Waals surface area contributed by atoms with Gasteiger partial charge in [0.1, 0.15) is 0 Å². The van der Waals surface area contributed by atoms with Crippen LogP contribution in [0.4, 0.5) is 0 Å². The van der Waals surface area contributed by atoms with Crippen molar-refractivity contribution in [2.45, 2.75) is 38.5 Å². The Hall–Kier alpha value is -2.24. The van der Waals surface area contributed by atoms with Crippen LogP contribution in [0.25, 0.3) is 0 Å². The number of carbonyl (C=O) groups is 2. The van der Waals surface area contributed by atoms with E-state index in [9.17, 15) is 9.59 Å². The van der Waals surface area contributed by atoms with Gasteiger partial charge < -0.3 is 19.3 Å². The van der Waals surface area contributed by atoms with Crippen molar-refractivity contribution in [1.82, 2.24) is 9.80 Å². The van der Waals surface area contributed by atoms with Crippen LogP contribution in [0.1, 0.15) is 37.7 Å². The lowest BCUT2D eigenvalue weighted by Gasteiger charge is -2.24. The van der Waals surface area contributed by atoms with Gasteiger partial charge in [0, 0.05) is 32.6 Å². The Morgan fingerprint density at radius 2 is 1.78 bits per heavy atom. The molecular formula is C21H30N2O4. The van der Waals surface area contributed by atoms with Crippen LogP contribution in [0.2, 0.25) is 0 Å². The van der Waals surface area contributed by atoms with Crippen LogP contribution < -0.4 is 9.47 Å². The zero-order valence-corrected chi connectivity index (χ0v) is 16.4. The van der Waals surface area contributed by atoms with E-state index in [1.165, 1.54) is 12.8 Å². The third-order valence-electron chi connectivity index (χ3n) is 5.60. The number of benzene rings is 1. The van der Waals surface area contributed by atoms with E-state index >= 15 is 0 Å². The van der Waals surface area contributed by atoms with Crippen molar-refractivity contribution in [3.05, 3.63) is 23.8 Å². The molecule has 2 heterocycles. The summed E-state index contributed by atoms with van der Waals surface area (Å²) in [6, 6.07) is 5.81. The molecule has 2 amide bonds. The maximum absolute atomic E-state index is 12.8. The van der Waals surface area contributed by atoms with Crippen molar-refractivity contribution in [2.75, 3.05) is 40.4 Å². The first-order valence-electron chi connectivity index (χ1n) is 9.90. The number of hydrogen-bond donors (Lipinski definition) is 0. The highest BCUT2D eigenvalue weighted by Gasteiger charge is 2.36. The molecule has 2 aliphatic rings. The molecule has 2 aliphatic heterocycles. The number of rotatable bonds is 6. The monoisotopic (exact) mass is 374 g/mol. The van der Waals surface area contributed by atoms with Gasteiger partial charge in [-0.05, 0) is 37.0 Å². The van der Waals surface area contributed by atoms with E-state index < -0.39 is 0 Å². The molecule has 0 N–H and O–H groups in total. The minimum atomic E-state index is -0.180. The third kappa shape index (κ3) is 4.73. The molecule has 0 unspecified atom stereocenters. The van der Waals surface area contributed by atoms with Crippen molar-refractivity contribution < 1.29 is 19.1 Å². The number of hydrogen-bond acceptors (Lipinski definition) is 4. The number of likely N-dealkylation sites (tertiary alicyclic amines) is 2. The molecule has 2 fully saturated rings. The topological polar surface area (TPSA) is 59.1 Å². The Labute approximate surface area is 161 Å².